The molecule has 29 heavy (non-hydrogen) atoms. The van der Waals surface area contributed by atoms with Gasteiger partial charge in [0, 0.05) is 32.0 Å². The van der Waals surface area contributed by atoms with Crippen molar-refractivity contribution in [3.8, 4) is 5.75 Å². The molecular weight excluding hydrogens is 366 g/mol. The molecular formula is C23H29N3O3. The molecule has 154 valence electrons. The number of carbonyl (C=O) groups is 2. The van der Waals surface area contributed by atoms with E-state index >= 15 is 0 Å². The number of likely N-dealkylation sites (tertiary alicyclic amines) is 1. The number of pyridine rings is 1. The number of piperidine rings is 1. The largest absolute Gasteiger partial charge is 0.484 e. The quantitative estimate of drug-likeness (QED) is 0.746. The van der Waals surface area contributed by atoms with Crippen LogP contribution in [0, 0.1) is 5.92 Å². The van der Waals surface area contributed by atoms with Crippen LogP contribution in [0.4, 0.5) is 0 Å². The monoisotopic (exact) mass is 395 g/mol. The van der Waals surface area contributed by atoms with Gasteiger partial charge in [0.25, 0.3) is 11.8 Å². The molecule has 1 aliphatic rings. The lowest BCUT2D eigenvalue weighted by Gasteiger charge is -2.32. The fraction of sp³-hybridized carbons (Fsp3) is 0.435. The van der Waals surface area contributed by atoms with E-state index in [1.165, 1.54) is 5.56 Å². The SMILES string of the molecule is CCCc1ccc(OCC(=O)N2CCC(CNC(=O)c3cccnc3)CC2)cc1. The van der Waals surface area contributed by atoms with Gasteiger partial charge >= 0.3 is 0 Å². The number of nitrogens with zero attached hydrogens (tertiary/aromatic N) is 2. The van der Waals surface area contributed by atoms with Crippen LogP contribution in [-0.4, -0.2) is 47.9 Å². The molecule has 1 fully saturated rings. The highest BCUT2D eigenvalue weighted by Crippen LogP contribution is 2.18. The Morgan fingerprint density at radius 1 is 1.17 bits per heavy atom. The summed E-state index contributed by atoms with van der Waals surface area (Å²) >= 11 is 0. The van der Waals surface area contributed by atoms with Gasteiger partial charge in [-0.25, -0.2) is 0 Å². The number of nitrogens with one attached hydrogen (secondary N) is 1. The maximum absolute atomic E-state index is 12.4. The number of rotatable bonds is 8. The molecule has 0 unspecified atom stereocenters. The minimum absolute atomic E-state index is 0.0143. The predicted octanol–water partition coefficient (Wildman–Crippen LogP) is 3.08. The zero-order chi connectivity index (χ0) is 20.5. The van der Waals surface area contributed by atoms with Crippen LogP contribution >= 0.6 is 0 Å². The average Bonchev–Trinajstić information content (AvgIpc) is 2.78. The van der Waals surface area contributed by atoms with Crippen LogP contribution in [0.5, 0.6) is 5.75 Å². The van der Waals surface area contributed by atoms with E-state index in [1.807, 2.05) is 17.0 Å². The summed E-state index contributed by atoms with van der Waals surface area (Å²) in [4.78, 5) is 30.3. The maximum Gasteiger partial charge on any atom is 0.260 e. The molecule has 3 rings (SSSR count). The van der Waals surface area contributed by atoms with Crippen molar-refractivity contribution in [3.63, 3.8) is 0 Å². The first-order valence-electron chi connectivity index (χ1n) is 10.3. The molecule has 6 heteroatoms. The standard InChI is InChI=1S/C23H29N3O3/c1-2-4-18-6-8-21(9-7-18)29-17-22(27)26-13-10-19(11-14-26)15-25-23(28)20-5-3-12-24-16-20/h3,5-9,12,16,19H,2,4,10-11,13-15,17H2,1H3,(H,25,28). The summed E-state index contributed by atoms with van der Waals surface area (Å²) in [5.41, 5.74) is 1.85. The zero-order valence-corrected chi connectivity index (χ0v) is 17.0. The molecule has 0 aliphatic carbocycles. The lowest BCUT2D eigenvalue weighted by molar-refractivity contribution is -0.134. The van der Waals surface area contributed by atoms with Crippen molar-refractivity contribution in [3.05, 3.63) is 59.9 Å². The van der Waals surface area contributed by atoms with Crippen LogP contribution < -0.4 is 10.1 Å². The molecule has 2 heterocycles. The van der Waals surface area contributed by atoms with Gasteiger partial charge in [-0.2, -0.15) is 0 Å². The van der Waals surface area contributed by atoms with Gasteiger partial charge in [0.1, 0.15) is 5.75 Å². The topological polar surface area (TPSA) is 71.5 Å². The Balaban J connectivity index is 1.36. The molecule has 1 saturated heterocycles. The summed E-state index contributed by atoms with van der Waals surface area (Å²) in [7, 11) is 0. The number of carbonyl (C=O) groups excluding carboxylic acids is 2. The second-order valence-corrected chi connectivity index (χ2v) is 7.46. The van der Waals surface area contributed by atoms with Crippen molar-refractivity contribution in [1.29, 1.82) is 0 Å². The molecule has 0 radical (unpaired) electrons. The molecule has 2 amide bonds. The molecule has 0 saturated carbocycles. The van der Waals surface area contributed by atoms with Crippen LogP contribution in [0.1, 0.15) is 42.1 Å². The lowest BCUT2D eigenvalue weighted by Crippen LogP contribution is -2.43. The molecule has 2 aromatic rings. The van der Waals surface area contributed by atoms with Crippen molar-refractivity contribution >= 4 is 11.8 Å². The third-order valence-corrected chi connectivity index (χ3v) is 5.27. The molecule has 0 spiro atoms. The number of aryl methyl sites for hydroxylation is 1. The van der Waals surface area contributed by atoms with E-state index in [0.29, 0.717) is 31.1 Å². The molecule has 1 N–H and O–H groups in total. The number of hydrogen-bond acceptors (Lipinski definition) is 4. The Morgan fingerprint density at radius 3 is 2.59 bits per heavy atom. The first-order valence-corrected chi connectivity index (χ1v) is 10.3. The van der Waals surface area contributed by atoms with Crippen molar-refractivity contribution in [1.82, 2.24) is 15.2 Å². The molecule has 6 nitrogen and oxygen atoms in total. The summed E-state index contributed by atoms with van der Waals surface area (Å²) < 4.78 is 5.65. The summed E-state index contributed by atoms with van der Waals surface area (Å²) in [5.74, 6) is 1.02. The van der Waals surface area contributed by atoms with Gasteiger partial charge < -0.3 is 15.0 Å². The number of ether oxygens (including phenoxy) is 1. The van der Waals surface area contributed by atoms with Crippen LogP contribution in [0.15, 0.2) is 48.8 Å². The molecule has 1 aromatic carbocycles. The number of hydrogen-bond donors (Lipinski definition) is 1. The van der Waals surface area contributed by atoms with E-state index in [0.717, 1.165) is 31.4 Å². The molecule has 0 bridgehead atoms. The second kappa shape index (κ2) is 10.6. The van der Waals surface area contributed by atoms with Gasteiger partial charge in [0.15, 0.2) is 6.61 Å². The molecule has 1 aromatic heterocycles. The Kier molecular flexibility index (Phi) is 7.61. The summed E-state index contributed by atoms with van der Waals surface area (Å²) in [6, 6.07) is 11.5. The average molecular weight is 396 g/mol. The maximum atomic E-state index is 12.4. The number of benzene rings is 1. The van der Waals surface area contributed by atoms with E-state index in [1.54, 1.807) is 24.5 Å². The van der Waals surface area contributed by atoms with Gasteiger partial charge in [0.2, 0.25) is 0 Å². The lowest BCUT2D eigenvalue weighted by atomic mass is 9.96. The minimum atomic E-state index is -0.102. The second-order valence-electron chi connectivity index (χ2n) is 7.46. The van der Waals surface area contributed by atoms with E-state index in [9.17, 15) is 9.59 Å². The normalized spacial score (nSPS) is 14.4. The fourth-order valence-corrected chi connectivity index (χ4v) is 3.50. The summed E-state index contributed by atoms with van der Waals surface area (Å²) in [6.07, 6.45) is 7.14. The van der Waals surface area contributed by atoms with Crippen molar-refractivity contribution in [2.24, 2.45) is 5.92 Å². The zero-order valence-electron chi connectivity index (χ0n) is 17.0. The van der Waals surface area contributed by atoms with Crippen molar-refractivity contribution < 1.29 is 14.3 Å². The Bertz CT molecular complexity index is 785. The highest BCUT2D eigenvalue weighted by Gasteiger charge is 2.23. The Hall–Kier alpha value is -2.89. The van der Waals surface area contributed by atoms with E-state index in [4.69, 9.17) is 4.74 Å². The smallest absolute Gasteiger partial charge is 0.260 e. The highest BCUT2D eigenvalue weighted by atomic mass is 16.5. The third-order valence-electron chi connectivity index (χ3n) is 5.27. The Labute approximate surface area is 172 Å². The van der Waals surface area contributed by atoms with Crippen LogP contribution in [0.2, 0.25) is 0 Å². The van der Waals surface area contributed by atoms with E-state index < -0.39 is 0 Å². The van der Waals surface area contributed by atoms with Gasteiger partial charge in [-0.1, -0.05) is 25.5 Å². The first-order chi connectivity index (χ1) is 14.2. The third kappa shape index (κ3) is 6.31. The minimum Gasteiger partial charge on any atom is -0.484 e. The number of aromatic nitrogens is 1. The first kappa shape index (κ1) is 20.8. The molecule has 1 aliphatic heterocycles. The van der Waals surface area contributed by atoms with Gasteiger partial charge in [-0.3, -0.25) is 14.6 Å². The summed E-state index contributed by atoms with van der Waals surface area (Å²) in [6.45, 7) is 4.24. The van der Waals surface area contributed by atoms with E-state index in [2.05, 4.69) is 29.4 Å². The van der Waals surface area contributed by atoms with Crippen LogP contribution in [0.3, 0.4) is 0 Å². The van der Waals surface area contributed by atoms with E-state index in [-0.39, 0.29) is 18.4 Å². The highest BCUT2D eigenvalue weighted by molar-refractivity contribution is 5.93. The predicted molar refractivity (Wildman–Crippen MR) is 112 cm³/mol. The fourth-order valence-electron chi connectivity index (χ4n) is 3.50. The van der Waals surface area contributed by atoms with Crippen LogP contribution in [0.25, 0.3) is 0 Å². The van der Waals surface area contributed by atoms with Gasteiger partial charge in [0.05, 0.1) is 5.56 Å². The summed E-state index contributed by atoms with van der Waals surface area (Å²) in [5, 5.41) is 2.97. The van der Waals surface area contributed by atoms with Crippen molar-refractivity contribution in [2.45, 2.75) is 32.6 Å². The van der Waals surface area contributed by atoms with Gasteiger partial charge in [-0.15, -0.1) is 0 Å². The molecule has 0 atom stereocenters. The Morgan fingerprint density at radius 2 is 1.93 bits per heavy atom. The van der Waals surface area contributed by atoms with Gasteiger partial charge in [-0.05, 0) is 55.0 Å². The van der Waals surface area contributed by atoms with Crippen LogP contribution in [-0.2, 0) is 11.2 Å². The number of amides is 2. The van der Waals surface area contributed by atoms with Crippen molar-refractivity contribution in [2.75, 3.05) is 26.2 Å².